The van der Waals surface area contributed by atoms with Crippen molar-refractivity contribution in [1.82, 2.24) is 20.8 Å². The Morgan fingerprint density at radius 2 is 2.50 bits per heavy atom. The molecule has 0 aliphatic carbocycles. The fourth-order valence-corrected chi connectivity index (χ4v) is 2.33. The highest BCUT2D eigenvalue weighted by molar-refractivity contribution is 5.93. The lowest BCUT2D eigenvalue weighted by Gasteiger charge is -2.15. The van der Waals surface area contributed by atoms with Gasteiger partial charge >= 0.3 is 0 Å². The minimum atomic E-state index is -0.267. The maximum absolute atomic E-state index is 12.1. The molecule has 2 aromatic heterocycles. The van der Waals surface area contributed by atoms with Gasteiger partial charge in [0.25, 0.3) is 5.91 Å². The van der Waals surface area contributed by atoms with Crippen LogP contribution < -0.4 is 15.4 Å². The summed E-state index contributed by atoms with van der Waals surface area (Å²) in [5.74, 6) is 0.435. The molecule has 22 heavy (non-hydrogen) atoms. The molecular formula is C15H18N4O3. The van der Waals surface area contributed by atoms with E-state index in [4.69, 9.17) is 9.26 Å². The van der Waals surface area contributed by atoms with Gasteiger partial charge in [-0.15, -0.1) is 0 Å². The van der Waals surface area contributed by atoms with Crippen LogP contribution >= 0.6 is 0 Å². The molecule has 1 atom stereocenters. The number of ether oxygens (including phenoxy) is 1. The number of hydrogen-bond acceptors (Lipinski definition) is 6. The van der Waals surface area contributed by atoms with E-state index in [0.29, 0.717) is 23.6 Å². The van der Waals surface area contributed by atoms with Crippen molar-refractivity contribution in [2.24, 2.45) is 0 Å². The van der Waals surface area contributed by atoms with Gasteiger partial charge in [-0.3, -0.25) is 9.78 Å². The minimum absolute atomic E-state index is 0.149. The molecular weight excluding hydrogens is 284 g/mol. The van der Waals surface area contributed by atoms with Gasteiger partial charge in [0.1, 0.15) is 18.1 Å². The Labute approximate surface area is 128 Å². The quantitative estimate of drug-likeness (QED) is 0.858. The van der Waals surface area contributed by atoms with Gasteiger partial charge in [0, 0.05) is 30.4 Å². The first-order chi connectivity index (χ1) is 10.7. The molecule has 7 heteroatoms. The first-order valence-corrected chi connectivity index (χ1v) is 7.23. The number of nitrogens with one attached hydrogen (secondary N) is 2. The smallest absolute Gasteiger partial charge is 0.274 e. The van der Waals surface area contributed by atoms with Crippen LogP contribution in [0.4, 0.5) is 0 Å². The van der Waals surface area contributed by atoms with E-state index in [-0.39, 0.29) is 12.0 Å². The van der Waals surface area contributed by atoms with E-state index in [2.05, 4.69) is 20.8 Å². The number of carbonyl (C=O) groups excluding carboxylic acids is 1. The van der Waals surface area contributed by atoms with Gasteiger partial charge < -0.3 is 19.9 Å². The lowest BCUT2D eigenvalue weighted by molar-refractivity contribution is 0.0941. The second kappa shape index (κ2) is 6.57. The van der Waals surface area contributed by atoms with Crippen molar-refractivity contribution in [1.29, 1.82) is 0 Å². The van der Waals surface area contributed by atoms with Crippen molar-refractivity contribution >= 4 is 5.91 Å². The highest BCUT2D eigenvalue weighted by atomic mass is 16.5. The van der Waals surface area contributed by atoms with Gasteiger partial charge in [-0.05, 0) is 26.0 Å². The normalized spacial score (nSPS) is 17.4. The Morgan fingerprint density at radius 1 is 1.59 bits per heavy atom. The average molecular weight is 302 g/mol. The van der Waals surface area contributed by atoms with E-state index in [1.165, 1.54) is 6.26 Å². The van der Waals surface area contributed by atoms with Gasteiger partial charge in [-0.25, -0.2) is 0 Å². The monoisotopic (exact) mass is 302 g/mol. The molecule has 0 bridgehead atoms. The summed E-state index contributed by atoms with van der Waals surface area (Å²) in [4.78, 5) is 16.1. The van der Waals surface area contributed by atoms with Crippen molar-refractivity contribution < 1.29 is 14.1 Å². The molecule has 0 saturated carbocycles. The molecule has 2 N–H and O–H groups in total. The predicted molar refractivity (Wildman–Crippen MR) is 78.5 cm³/mol. The van der Waals surface area contributed by atoms with Crippen LogP contribution in [0.1, 0.15) is 28.0 Å². The van der Waals surface area contributed by atoms with E-state index in [1.54, 1.807) is 19.3 Å². The number of aromatic nitrogens is 2. The zero-order valence-electron chi connectivity index (χ0n) is 12.3. The molecule has 0 radical (unpaired) electrons. The number of aryl methyl sites for hydroxylation is 1. The van der Waals surface area contributed by atoms with E-state index < -0.39 is 0 Å². The summed E-state index contributed by atoms with van der Waals surface area (Å²) in [6, 6.07) is 1.84. The largest absolute Gasteiger partial charge is 0.487 e. The average Bonchev–Trinajstić information content (AvgIpc) is 3.17. The number of nitrogens with zero attached hydrogens (tertiary/aromatic N) is 2. The third-order valence-corrected chi connectivity index (χ3v) is 3.58. The van der Waals surface area contributed by atoms with E-state index in [1.807, 2.05) is 6.07 Å². The Kier molecular flexibility index (Phi) is 4.34. The summed E-state index contributed by atoms with van der Waals surface area (Å²) < 4.78 is 10.7. The first kappa shape index (κ1) is 14.5. The Bertz CT molecular complexity index is 650. The molecule has 3 heterocycles. The fraction of sp³-hybridized carbons (Fsp3) is 0.400. The lowest BCUT2D eigenvalue weighted by Crippen LogP contribution is -2.25. The number of carbonyl (C=O) groups is 1. The SMILES string of the molecule is Cc1conc1C(=O)NCc1ccncc1O[C@H]1CCNC1. The topological polar surface area (TPSA) is 89.3 Å². The maximum Gasteiger partial charge on any atom is 0.274 e. The fourth-order valence-electron chi connectivity index (χ4n) is 2.33. The molecule has 2 aromatic rings. The molecule has 1 amide bonds. The van der Waals surface area contributed by atoms with Crippen LogP contribution in [0.15, 0.2) is 29.2 Å². The molecule has 1 aliphatic rings. The van der Waals surface area contributed by atoms with E-state index in [9.17, 15) is 4.79 Å². The number of amides is 1. The number of pyridine rings is 1. The summed E-state index contributed by atoms with van der Waals surface area (Å²) in [5, 5.41) is 9.77. The third kappa shape index (κ3) is 3.25. The zero-order valence-corrected chi connectivity index (χ0v) is 12.3. The molecule has 7 nitrogen and oxygen atoms in total. The highest BCUT2D eigenvalue weighted by Gasteiger charge is 2.18. The van der Waals surface area contributed by atoms with Crippen molar-refractivity contribution in [3.05, 3.63) is 41.5 Å². The molecule has 116 valence electrons. The highest BCUT2D eigenvalue weighted by Crippen LogP contribution is 2.19. The minimum Gasteiger partial charge on any atom is -0.487 e. The Morgan fingerprint density at radius 3 is 3.23 bits per heavy atom. The lowest BCUT2D eigenvalue weighted by atomic mass is 10.2. The molecule has 0 spiro atoms. The summed E-state index contributed by atoms with van der Waals surface area (Å²) in [5.41, 5.74) is 1.90. The Balaban J connectivity index is 1.64. The van der Waals surface area contributed by atoms with Crippen LogP contribution in [0, 0.1) is 6.92 Å². The number of hydrogen-bond donors (Lipinski definition) is 2. The Hall–Kier alpha value is -2.41. The van der Waals surface area contributed by atoms with E-state index >= 15 is 0 Å². The van der Waals surface area contributed by atoms with Crippen LogP contribution in [0.25, 0.3) is 0 Å². The summed E-state index contributed by atoms with van der Waals surface area (Å²) in [6.07, 6.45) is 5.93. The summed E-state index contributed by atoms with van der Waals surface area (Å²) in [7, 11) is 0. The van der Waals surface area contributed by atoms with Crippen molar-refractivity contribution in [3.63, 3.8) is 0 Å². The predicted octanol–water partition coefficient (Wildman–Crippen LogP) is 1.05. The summed E-state index contributed by atoms with van der Waals surface area (Å²) in [6.45, 7) is 3.92. The van der Waals surface area contributed by atoms with Gasteiger partial charge in [0.05, 0.1) is 6.20 Å². The standard InChI is InChI=1S/C15H18N4O3/c1-10-9-21-19-14(10)15(20)18-6-11-2-4-17-8-13(11)22-12-3-5-16-7-12/h2,4,8-9,12,16H,3,5-7H2,1H3,(H,18,20)/t12-/m0/s1. The molecule has 1 fully saturated rings. The van der Waals surface area contributed by atoms with Gasteiger partial charge in [0.15, 0.2) is 5.69 Å². The first-order valence-electron chi connectivity index (χ1n) is 7.23. The molecule has 1 aliphatic heterocycles. The second-order valence-electron chi connectivity index (χ2n) is 5.24. The van der Waals surface area contributed by atoms with Crippen molar-refractivity contribution in [2.75, 3.05) is 13.1 Å². The van der Waals surface area contributed by atoms with Crippen LogP contribution in [0.3, 0.4) is 0 Å². The van der Waals surface area contributed by atoms with Crippen molar-refractivity contribution in [2.45, 2.75) is 26.0 Å². The molecule has 3 rings (SSSR count). The molecule has 0 unspecified atom stereocenters. The van der Waals surface area contributed by atoms with Crippen LogP contribution in [0.2, 0.25) is 0 Å². The molecule has 1 saturated heterocycles. The van der Waals surface area contributed by atoms with Gasteiger partial charge in [-0.2, -0.15) is 0 Å². The zero-order chi connectivity index (χ0) is 15.4. The van der Waals surface area contributed by atoms with Gasteiger partial charge in [0.2, 0.25) is 0 Å². The summed E-state index contributed by atoms with van der Waals surface area (Å²) >= 11 is 0. The van der Waals surface area contributed by atoms with Gasteiger partial charge in [-0.1, -0.05) is 5.16 Å². The number of rotatable bonds is 5. The van der Waals surface area contributed by atoms with Crippen LogP contribution in [-0.4, -0.2) is 35.2 Å². The maximum atomic E-state index is 12.1. The molecule has 0 aromatic carbocycles. The van der Waals surface area contributed by atoms with Crippen LogP contribution in [-0.2, 0) is 6.54 Å². The van der Waals surface area contributed by atoms with Crippen molar-refractivity contribution in [3.8, 4) is 5.75 Å². The van der Waals surface area contributed by atoms with E-state index in [0.717, 1.165) is 25.1 Å². The van der Waals surface area contributed by atoms with Crippen LogP contribution in [0.5, 0.6) is 5.75 Å². The third-order valence-electron chi connectivity index (χ3n) is 3.58. The second-order valence-corrected chi connectivity index (χ2v) is 5.24.